The number of ether oxygens (including phenoxy) is 1. The molecule has 2 heterocycles. The Bertz CT molecular complexity index is 525. The Morgan fingerprint density at radius 3 is 2.90 bits per heavy atom. The van der Waals surface area contributed by atoms with Crippen LogP contribution < -0.4 is 10.5 Å². The third-order valence-corrected chi connectivity index (χ3v) is 3.30. The summed E-state index contributed by atoms with van der Waals surface area (Å²) < 4.78 is 5.78. The number of aromatic nitrogens is 2. The largest absolute Gasteiger partial charge is 0.394 e. The number of nitrogens with one attached hydrogen (secondary N) is 1. The Morgan fingerprint density at radius 2 is 2.30 bits per heavy atom. The molecule has 1 aliphatic heterocycles. The fraction of sp³-hybridized carbons (Fsp3) is 0.714. The zero-order chi connectivity index (χ0) is 14.9. The van der Waals surface area contributed by atoms with Crippen molar-refractivity contribution in [2.75, 3.05) is 24.6 Å². The lowest BCUT2D eigenvalue weighted by molar-refractivity contribution is -0.101. The third-order valence-electron chi connectivity index (χ3n) is 3.30. The summed E-state index contributed by atoms with van der Waals surface area (Å²) in [5.41, 5.74) is -0.531. The summed E-state index contributed by atoms with van der Waals surface area (Å²) in [4.78, 5) is 21.1. The van der Waals surface area contributed by atoms with Crippen molar-refractivity contribution in [3.63, 3.8) is 0 Å². The van der Waals surface area contributed by atoms with Crippen molar-refractivity contribution in [3.8, 4) is 0 Å². The zero-order valence-corrected chi connectivity index (χ0v) is 12.5. The molecule has 1 saturated heterocycles. The average molecular weight is 281 g/mol. The van der Waals surface area contributed by atoms with Gasteiger partial charge in [0.25, 0.3) is 5.56 Å². The van der Waals surface area contributed by atoms with Crippen LogP contribution in [0.25, 0.3) is 0 Å². The van der Waals surface area contributed by atoms with E-state index in [1.54, 1.807) is 0 Å². The van der Waals surface area contributed by atoms with E-state index in [-0.39, 0.29) is 29.8 Å². The number of aliphatic hydroxyl groups is 1. The molecule has 20 heavy (non-hydrogen) atoms. The first kappa shape index (κ1) is 15.0. The molecule has 1 aromatic rings. The van der Waals surface area contributed by atoms with Gasteiger partial charge in [-0.05, 0) is 13.8 Å². The first-order valence-electron chi connectivity index (χ1n) is 6.95. The van der Waals surface area contributed by atoms with E-state index in [1.165, 1.54) is 6.07 Å². The quantitative estimate of drug-likeness (QED) is 0.859. The van der Waals surface area contributed by atoms with Gasteiger partial charge in [0, 0.05) is 25.1 Å². The van der Waals surface area contributed by atoms with Gasteiger partial charge in [-0.25, -0.2) is 4.98 Å². The first-order chi connectivity index (χ1) is 9.30. The highest BCUT2D eigenvalue weighted by atomic mass is 16.5. The second kappa shape index (κ2) is 5.54. The summed E-state index contributed by atoms with van der Waals surface area (Å²) in [6.45, 7) is 9.05. The molecule has 0 aliphatic carbocycles. The minimum absolute atomic E-state index is 0.0415. The van der Waals surface area contributed by atoms with Crippen LogP contribution in [-0.2, 0) is 4.74 Å². The predicted molar refractivity (Wildman–Crippen MR) is 77.2 cm³/mol. The number of H-pyrrole nitrogens is 1. The molecule has 1 aliphatic rings. The average Bonchev–Trinajstić information content (AvgIpc) is 2.36. The van der Waals surface area contributed by atoms with Gasteiger partial charge in [0.1, 0.15) is 11.6 Å². The highest BCUT2D eigenvalue weighted by Crippen LogP contribution is 2.24. The van der Waals surface area contributed by atoms with E-state index in [9.17, 15) is 9.90 Å². The SMILES string of the molecule is CC(C)c1nc(N2CC(CO)OC(C)(C)C2)cc(=O)[nH]1. The van der Waals surface area contributed by atoms with Gasteiger partial charge in [-0.1, -0.05) is 13.8 Å². The molecule has 0 saturated carbocycles. The maximum atomic E-state index is 11.8. The van der Waals surface area contributed by atoms with Crippen molar-refractivity contribution in [1.82, 2.24) is 9.97 Å². The van der Waals surface area contributed by atoms with E-state index >= 15 is 0 Å². The lowest BCUT2D eigenvalue weighted by Crippen LogP contribution is -2.54. The molecule has 6 heteroatoms. The molecule has 0 radical (unpaired) electrons. The molecule has 0 aromatic carbocycles. The Labute approximate surface area is 118 Å². The number of hydrogen-bond acceptors (Lipinski definition) is 5. The molecule has 0 spiro atoms. The van der Waals surface area contributed by atoms with Crippen molar-refractivity contribution < 1.29 is 9.84 Å². The van der Waals surface area contributed by atoms with Gasteiger partial charge in [0.15, 0.2) is 0 Å². The van der Waals surface area contributed by atoms with Crippen LogP contribution in [0.15, 0.2) is 10.9 Å². The van der Waals surface area contributed by atoms with Crippen LogP contribution in [0.3, 0.4) is 0 Å². The summed E-state index contributed by atoms with van der Waals surface area (Å²) in [6.07, 6.45) is -0.262. The third kappa shape index (κ3) is 3.37. The molecular weight excluding hydrogens is 258 g/mol. The Morgan fingerprint density at radius 1 is 1.60 bits per heavy atom. The number of anilines is 1. The number of nitrogens with zero attached hydrogens (tertiary/aromatic N) is 2. The van der Waals surface area contributed by atoms with Gasteiger partial charge in [-0.2, -0.15) is 0 Å². The predicted octanol–water partition coefficient (Wildman–Crippen LogP) is 0.869. The van der Waals surface area contributed by atoms with Crippen LogP contribution in [0.4, 0.5) is 5.82 Å². The molecule has 2 rings (SSSR count). The fourth-order valence-electron chi connectivity index (χ4n) is 2.46. The molecular formula is C14H23N3O3. The Hall–Kier alpha value is -1.40. The van der Waals surface area contributed by atoms with Crippen LogP contribution in [0.2, 0.25) is 0 Å². The van der Waals surface area contributed by atoms with Crippen molar-refractivity contribution in [1.29, 1.82) is 0 Å². The number of hydrogen-bond donors (Lipinski definition) is 2. The molecule has 2 N–H and O–H groups in total. The zero-order valence-electron chi connectivity index (χ0n) is 12.5. The first-order valence-corrected chi connectivity index (χ1v) is 6.95. The lowest BCUT2D eigenvalue weighted by Gasteiger charge is -2.42. The molecule has 0 bridgehead atoms. The Kier molecular flexibility index (Phi) is 4.15. The van der Waals surface area contributed by atoms with E-state index in [0.717, 1.165) is 0 Å². The molecule has 6 nitrogen and oxygen atoms in total. The number of aromatic amines is 1. The molecule has 1 unspecified atom stereocenters. The van der Waals surface area contributed by atoms with Gasteiger partial charge in [-0.3, -0.25) is 4.79 Å². The standard InChI is InChI=1S/C14H23N3O3/c1-9(2)13-15-11(5-12(19)16-13)17-6-10(7-18)20-14(3,4)8-17/h5,9-10,18H,6-8H2,1-4H3,(H,15,16,19). The number of morpholine rings is 1. The summed E-state index contributed by atoms with van der Waals surface area (Å²) in [7, 11) is 0. The van der Waals surface area contributed by atoms with Crippen LogP contribution >= 0.6 is 0 Å². The molecule has 112 valence electrons. The lowest BCUT2D eigenvalue weighted by atomic mass is 10.1. The van der Waals surface area contributed by atoms with E-state index in [0.29, 0.717) is 24.7 Å². The minimum atomic E-state index is -0.381. The summed E-state index contributed by atoms with van der Waals surface area (Å²) in [6, 6.07) is 1.50. The van der Waals surface area contributed by atoms with Gasteiger partial charge in [0.05, 0.1) is 18.3 Å². The monoisotopic (exact) mass is 281 g/mol. The van der Waals surface area contributed by atoms with Crippen LogP contribution in [0.5, 0.6) is 0 Å². The van der Waals surface area contributed by atoms with Crippen molar-refractivity contribution >= 4 is 5.82 Å². The highest BCUT2D eigenvalue weighted by Gasteiger charge is 2.34. The summed E-state index contributed by atoms with van der Waals surface area (Å²) >= 11 is 0. The van der Waals surface area contributed by atoms with E-state index in [2.05, 4.69) is 9.97 Å². The van der Waals surface area contributed by atoms with Crippen molar-refractivity contribution in [2.24, 2.45) is 0 Å². The topological polar surface area (TPSA) is 78.5 Å². The molecule has 1 fully saturated rings. The van der Waals surface area contributed by atoms with Gasteiger partial charge in [-0.15, -0.1) is 0 Å². The van der Waals surface area contributed by atoms with Gasteiger partial charge in [0.2, 0.25) is 0 Å². The number of aliphatic hydroxyl groups excluding tert-OH is 1. The number of rotatable bonds is 3. The highest BCUT2D eigenvalue weighted by molar-refractivity contribution is 5.39. The van der Waals surface area contributed by atoms with Crippen molar-refractivity contribution in [2.45, 2.75) is 45.3 Å². The minimum Gasteiger partial charge on any atom is -0.394 e. The van der Waals surface area contributed by atoms with Crippen LogP contribution in [0, 0.1) is 0 Å². The molecule has 0 amide bonds. The van der Waals surface area contributed by atoms with E-state index in [1.807, 2.05) is 32.6 Å². The second-order valence-corrected chi connectivity index (χ2v) is 6.21. The summed E-state index contributed by atoms with van der Waals surface area (Å²) in [5, 5.41) is 9.35. The molecule has 1 atom stereocenters. The fourth-order valence-corrected chi connectivity index (χ4v) is 2.46. The van der Waals surface area contributed by atoms with Crippen LogP contribution in [0.1, 0.15) is 39.4 Å². The van der Waals surface area contributed by atoms with E-state index < -0.39 is 0 Å². The summed E-state index contributed by atoms with van der Waals surface area (Å²) in [5.74, 6) is 1.48. The maximum Gasteiger partial charge on any atom is 0.252 e. The maximum absolute atomic E-state index is 11.8. The smallest absolute Gasteiger partial charge is 0.252 e. The normalized spacial score (nSPS) is 22.3. The van der Waals surface area contributed by atoms with Gasteiger partial charge < -0.3 is 19.7 Å². The second-order valence-electron chi connectivity index (χ2n) is 6.21. The van der Waals surface area contributed by atoms with Gasteiger partial charge >= 0.3 is 0 Å². The molecule has 1 aromatic heterocycles. The van der Waals surface area contributed by atoms with E-state index in [4.69, 9.17) is 4.74 Å². The Balaban J connectivity index is 2.32. The van der Waals surface area contributed by atoms with Crippen LogP contribution in [-0.4, -0.2) is 46.5 Å². The van der Waals surface area contributed by atoms with Crippen molar-refractivity contribution in [3.05, 3.63) is 22.2 Å².